The molecular weight excluding hydrogens is 358 g/mol. The van der Waals surface area contributed by atoms with E-state index in [9.17, 15) is 4.79 Å². The Balaban J connectivity index is 5.49. The second-order valence-electron chi connectivity index (χ2n) is 7.64. The summed E-state index contributed by atoms with van der Waals surface area (Å²) in [5.74, 6) is 1.62. The van der Waals surface area contributed by atoms with E-state index in [2.05, 4.69) is 38.8 Å². The molecule has 0 amide bonds. The van der Waals surface area contributed by atoms with Crippen molar-refractivity contribution in [1.29, 1.82) is 0 Å². The number of carbonyl (C=O) groups excluding carboxylic acids is 1. The van der Waals surface area contributed by atoms with Crippen LogP contribution in [0.1, 0.15) is 34.6 Å². The Labute approximate surface area is 158 Å². The summed E-state index contributed by atoms with van der Waals surface area (Å²) < 4.78 is 11.8. The number of thiocarbonyl (C=S) groups is 1. The van der Waals surface area contributed by atoms with Crippen LogP contribution in [0.15, 0.2) is 11.6 Å². The third-order valence-corrected chi connectivity index (χ3v) is 4.89. The van der Waals surface area contributed by atoms with Gasteiger partial charge in [-0.05, 0) is 53.1 Å². The first kappa shape index (κ1) is 23.6. The van der Waals surface area contributed by atoms with Gasteiger partial charge < -0.3 is 14.5 Å². The molecule has 0 saturated heterocycles. The van der Waals surface area contributed by atoms with Gasteiger partial charge in [0.1, 0.15) is 5.60 Å². The zero-order valence-electron chi connectivity index (χ0n) is 16.3. The molecule has 0 bridgehead atoms. The maximum Gasteiger partial charge on any atom is 0.332 e. The average Bonchev–Trinajstić information content (AvgIpc) is 2.38. The van der Waals surface area contributed by atoms with Crippen LogP contribution < -0.4 is 5.32 Å². The van der Waals surface area contributed by atoms with Crippen molar-refractivity contribution < 1.29 is 14.0 Å². The SMILES string of the molecule is CCSC/C(C)=C/[C@@H](O[Si](C)(C)C)[C@H](NC=S)C(=O)OC(C)(C)C. The van der Waals surface area contributed by atoms with E-state index in [0.717, 1.165) is 11.5 Å². The van der Waals surface area contributed by atoms with Crippen LogP contribution in [0.4, 0.5) is 0 Å². The van der Waals surface area contributed by atoms with Crippen molar-refractivity contribution in [3.63, 3.8) is 0 Å². The molecule has 0 heterocycles. The van der Waals surface area contributed by atoms with Crippen molar-refractivity contribution in [3.8, 4) is 0 Å². The molecule has 4 nitrogen and oxygen atoms in total. The predicted octanol–water partition coefficient (Wildman–Crippen LogP) is 4.16. The minimum absolute atomic E-state index is 0.348. The number of hydrogen-bond acceptors (Lipinski definition) is 5. The van der Waals surface area contributed by atoms with Gasteiger partial charge in [-0.25, -0.2) is 4.79 Å². The quantitative estimate of drug-likeness (QED) is 0.261. The van der Waals surface area contributed by atoms with Crippen LogP contribution in [-0.4, -0.2) is 49.0 Å². The van der Waals surface area contributed by atoms with Gasteiger partial charge in [0.05, 0.1) is 11.6 Å². The molecule has 0 aromatic heterocycles. The molecule has 0 fully saturated rings. The molecule has 0 aromatic carbocycles. The molecule has 140 valence electrons. The smallest absolute Gasteiger partial charge is 0.332 e. The van der Waals surface area contributed by atoms with Gasteiger partial charge in [-0.15, -0.1) is 0 Å². The fourth-order valence-corrected chi connectivity index (χ4v) is 3.72. The minimum Gasteiger partial charge on any atom is -0.458 e. The molecule has 2 atom stereocenters. The van der Waals surface area contributed by atoms with Crippen LogP contribution in [0, 0.1) is 0 Å². The van der Waals surface area contributed by atoms with Crippen LogP contribution in [-0.2, 0) is 14.0 Å². The van der Waals surface area contributed by atoms with Crippen molar-refractivity contribution in [2.45, 2.75) is 72.0 Å². The Hall–Kier alpha value is -0.373. The highest BCUT2D eigenvalue weighted by atomic mass is 32.2. The Bertz CT molecular complexity index is 442. The van der Waals surface area contributed by atoms with Crippen LogP contribution in [0.5, 0.6) is 0 Å². The number of carbonyl (C=O) groups is 1. The van der Waals surface area contributed by atoms with Crippen LogP contribution in [0.25, 0.3) is 0 Å². The fraction of sp³-hybridized carbons (Fsp3) is 0.765. The first-order chi connectivity index (χ1) is 10.9. The van der Waals surface area contributed by atoms with Crippen molar-refractivity contribution >= 4 is 43.8 Å². The largest absolute Gasteiger partial charge is 0.458 e. The lowest BCUT2D eigenvalue weighted by Crippen LogP contribution is -2.51. The molecule has 7 heteroatoms. The maximum absolute atomic E-state index is 12.6. The molecule has 0 spiro atoms. The molecule has 1 N–H and O–H groups in total. The Morgan fingerprint density at radius 3 is 2.33 bits per heavy atom. The van der Waals surface area contributed by atoms with E-state index < -0.39 is 26.1 Å². The molecule has 0 aromatic rings. The molecule has 24 heavy (non-hydrogen) atoms. The monoisotopic (exact) mass is 391 g/mol. The normalized spacial score (nSPS) is 15.6. The topological polar surface area (TPSA) is 47.6 Å². The van der Waals surface area contributed by atoms with Gasteiger partial charge in [0.25, 0.3) is 0 Å². The molecule has 0 saturated carbocycles. The molecule has 0 aliphatic carbocycles. The standard InChI is InChI=1S/C17H33NO3S2Si/c1-9-23-11-13(2)10-14(21-24(6,7)8)15(18-12-22)16(19)20-17(3,4)5/h10,12,14-15H,9,11H2,1-8H3,(H,18,22)/b13-10+/t14-,15+/m1/s1. The van der Waals surface area contributed by atoms with E-state index in [0.29, 0.717) is 0 Å². The second kappa shape index (κ2) is 10.6. The first-order valence-electron chi connectivity index (χ1n) is 8.25. The van der Waals surface area contributed by atoms with E-state index in [4.69, 9.17) is 21.4 Å². The molecule has 0 aliphatic rings. The number of esters is 1. The Kier molecular flexibility index (Phi) is 10.4. The Morgan fingerprint density at radius 2 is 1.92 bits per heavy atom. The van der Waals surface area contributed by atoms with E-state index in [1.54, 1.807) is 0 Å². The summed E-state index contributed by atoms with van der Waals surface area (Å²) in [6, 6.07) is -0.643. The zero-order chi connectivity index (χ0) is 19.0. The van der Waals surface area contributed by atoms with Crippen molar-refractivity contribution in [2.24, 2.45) is 0 Å². The van der Waals surface area contributed by atoms with E-state index in [1.807, 2.05) is 38.6 Å². The fourth-order valence-electron chi connectivity index (χ4n) is 1.93. The summed E-state index contributed by atoms with van der Waals surface area (Å²) in [6.07, 6.45) is 1.63. The lowest BCUT2D eigenvalue weighted by molar-refractivity contribution is -0.158. The van der Waals surface area contributed by atoms with Gasteiger partial charge in [-0.1, -0.05) is 30.8 Å². The van der Waals surface area contributed by atoms with Gasteiger partial charge in [-0.3, -0.25) is 0 Å². The number of thioether (sulfide) groups is 1. The van der Waals surface area contributed by atoms with Crippen molar-refractivity contribution in [3.05, 3.63) is 11.6 Å². The zero-order valence-corrected chi connectivity index (χ0v) is 18.9. The highest BCUT2D eigenvalue weighted by Gasteiger charge is 2.34. The van der Waals surface area contributed by atoms with Crippen molar-refractivity contribution in [2.75, 3.05) is 11.5 Å². The number of hydrogen-bond donors (Lipinski definition) is 1. The summed E-state index contributed by atoms with van der Waals surface area (Å²) in [6.45, 7) is 16.1. The molecule has 0 unspecified atom stereocenters. The molecular formula is C17H33NO3S2Si. The van der Waals surface area contributed by atoms with Crippen LogP contribution >= 0.6 is 24.0 Å². The predicted molar refractivity (Wildman–Crippen MR) is 111 cm³/mol. The van der Waals surface area contributed by atoms with E-state index in [1.165, 1.54) is 11.1 Å². The Morgan fingerprint density at radius 1 is 1.33 bits per heavy atom. The summed E-state index contributed by atoms with van der Waals surface area (Å²) in [7, 11) is -1.86. The van der Waals surface area contributed by atoms with Gasteiger partial charge in [0, 0.05) is 5.75 Å². The summed E-state index contributed by atoms with van der Waals surface area (Å²) in [5, 5.41) is 2.95. The lowest BCUT2D eigenvalue weighted by Gasteiger charge is -2.32. The summed E-state index contributed by atoms with van der Waals surface area (Å²) in [4.78, 5) is 12.6. The van der Waals surface area contributed by atoms with Gasteiger partial charge in [-0.2, -0.15) is 11.8 Å². The van der Waals surface area contributed by atoms with Gasteiger partial charge in [0.2, 0.25) is 0 Å². The minimum atomic E-state index is -1.86. The van der Waals surface area contributed by atoms with Gasteiger partial charge >= 0.3 is 5.97 Å². The van der Waals surface area contributed by atoms with Gasteiger partial charge in [0.15, 0.2) is 14.4 Å². The molecule has 0 radical (unpaired) electrons. The summed E-state index contributed by atoms with van der Waals surface area (Å²) in [5.41, 5.74) is 1.99. The third-order valence-electron chi connectivity index (χ3n) is 2.71. The summed E-state index contributed by atoms with van der Waals surface area (Å²) >= 11 is 6.76. The van der Waals surface area contributed by atoms with Crippen LogP contribution in [0.2, 0.25) is 19.6 Å². The average molecular weight is 392 g/mol. The third kappa shape index (κ3) is 11.2. The van der Waals surface area contributed by atoms with Crippen LogP contribution in [0.3, 0.4) is 0 Å². The highest BCUT2D eigenvalue weighted by Crippen LogP contribution is 2.18. The number of rotatable bonds is 10. The lowest BCUT2D eigenvalue weighted by atomic mass is 10.1. The molecule has 0 aliphatic heterocycles. The molecule has 0 rings (SSSR count). The number of nitrogens with one attached hydrogen (secondary N) is 1. The highest BCUT2D eigenvalue weighted by molar-refractivity contribution is 7.99. The van der Waals surface area contributed by atoms with E-state index in [-0.39, 0.29) is 5.97 Å². The van der Waals surface area contributed by atoms with E-state index >= 15 is 0 Å². The van der Waals surface area contributed by atoms with Crippen molar-refractivity contribution in [1.82, 2.24) is 5.32 Å². The maximum atomic E-state index is 12.6. The second-order valence-corrected chi connectivity index (χ2v) is 13.6. The number of ether oxygens (including phenoxy) is 1. The first-order valence-corrected chi connectivity index (χ1v) is 13.3.